The van der Waals surface area contributed by atoms with Crippen molar-refractivity contribution in [3.05, 3.63) is 21.6 Å². The molecule has 0 spiro atoms. The molecule has 3 N–H and O–H groups in total. The van der Waals surface area contributed by atoms with Gasteiger partial charge in [0.05, 0.1) is 5.56 Å². The predicted octanol–water partition coefficient (Wildman–Crippen LogP) is 0.669. The Morgan fingerprint density at radius 2 is 2.08 bits per heavy atom. The topological polar surface area (TPSA) is 85.9 Å². The molecule has 13 heavy (non-hydrogen) atoms. The van der Waals surface area contributed by atoms with Crippen molar-refractivity contribution >= 4 is 5.97 Å². The van der Waals surface area contributed by atoms with Crippen molar-refractivity contribution < 1.29 is 9.90 Å². The van der Waals surface area contributed by atoms with Gasteiger partial charge in [0.1, 0.15) is 5.69 Å². The number of aromatic nitrogens is 2. The number of H-pyrrole nitrogens is 2. The van der Waals surface area contributed by atoms with Gasteiger partial charge in [0.25, 0.3) is 5.56 Å². The van der Waals surface area contributed by atoms with Gasteiger partial charge in [-0.3, -0.25) is 15.0 Å². The second-order valence-electron chi connectivity index (χ2n) is 3.30. The van der Waals surface area contributed by atoms with Crippen molar-refractivity contribution in [2.24, 2.45) is 0 Å². The lowest BCUT2D eigenvalue weighted by Gasteiger charge is -2.23. The molecule has 1 aromatic heterocycles. The van der Waals surface area contributed by atoms with Gasteiger partial charge in [0.2, 0.25) is 0 Å². The number of rotatable bonds is 2. The van der Waals surface area contributed by atoms with Crippen LogP contribution in [0.1, 0.15) is 41.2 Å². The zero-order chi connectivity index (χ0) is 9.42. The van der Waals surface area contributed by atoms with Gasteiger partial charge in [-0.25, -0.2) is 4.79 Å². The van der Waals surface area contributed by atoms with Gasteiger partial charge in [0.15, 0.2) is 0 Å². The van der Waals surface area contributed by atoms with E-state index in [2.05, 4.69) is 10.2 Å². The SMILES string of the molecule is O=C(O)c1[nH][nH]c(=O)c1C1CCC1. The zero-order valence-corrected chi connectivity index (χ0v) is 6.96. The fourth-order valence-electron chi connectivity index (χ4n) is 1.62. The van der Waals surface area contributed by atoms with Crippen LogP contribution >= 0.6 is 0 Å². The highest BCUT2D eigenvalue weighted by molar-refractivity contribution is 5.87. The van der Waals surface area contributed by atoms with Gasteiger partial charge in [-0.15, -0.1) is 0 Å². The van der Waals surface area contributed by atoms with Crippen LogP contribution in [-0.4, -0.2) is 21.3 Å². The molecule has 0 radical (unpaired) electrons. The first-order valence-corrected chi connectivity index (χ1v) is 4.24. The first-order valence-electron chi connectivity index (χ1n) is 4.24. The van der Waals surface area contributed by atoms with E-state index < -0.39 is 5.97 Å². The van der Waals surface area contributed by atoms with Crippen LogP contribution in [0.25, 0.3) is 0 Å². The number of hydrogen-bond donors (Lipinski definition) is 3. The molecule has 0 atom stereocenters. The lowest BCUT2D eigenvalue weighted by Crippen LogP contribution is -2.19. The predicted molar refractivity (Wildman–Crippen MR) is 45.0 cm³/mol. The smallest absolute Gasteiger partial charge is 0.354 e. The second-order valence-corrected chi connectivity index (χ2v) is 3.30. The van der Waals surface area contributed by atoms with Crippen molar-refractivity contribution in [2.45, 2.75) is 25.2 Å². The van der Waals surface area contributed by atoms with Crippen molar-refractivity contribution in [1.29, 1.82) is 0 Å². The molecule has 5 heteroatoms. The van der Waals surface area contributed by atoms with Crippen LogP contribution in [0, 0.1) is 0 Å². The van der Waals surface area contributed by atoms with Gasteiger partial charge >= 0.3 is 5.97 Å². The Kier molecular flexibility index (Phi) is 1.72. The highest BCUT2D eigenvalue weighted by atomic mass is 16.4. The fraction of sp³-hybridized carbons (Fsp3) is 0.500. The van der Waals surface area contributed by atoms with E-state index in [0.717, 1.165) is 19.3 Å². The van der Waals surface area contributed by atoms with E-state index in [9.17, 15) is 9.59 Å². The Bertz CT molecular complexity index is 386. The van der Waals surface area contributed by atoms with Crippen LogP contribution in [0.4, 0.5) is 0 Å². The third kappa shape index (κ3) is 1.16. The molecule has 5 nitrogen and oxygen atoms in total. The second kappa shape index (κ2) is 2.76. The monoisotopic (exact) mass is 182 g/mol. The molecule has 0 saturated heterocycles. The van der Waals surface area contributed by atoms with E-state index in [1.807, 2.05) is 0 Å². The quantitative estimate of drug-likeness (QED) is 0.628. The third-order valence-corrected chi connectivity index (χ3v) is 2.54. The number of carboxylic acids is 1. The summed E-state index contributed by atoms with van der Waals surface area (Å²) < 4.78 is 0. The highest BCUT2D eigenvalue weighted by Crippen LogP contribution is 2.35. The molecule has 1 heterocycles. The number of aromatic amines is 2. The largest absolute Gasteiger partial charge is 0.477 e. The number of hydrogen-bond acceptors (Lipinski definition) is 2. The third-order valence-electron chi connectivity index (χ3n) is 2.54. The summed E-state index contributed by atoms with van der Waals surface area (Å²) in [5, 5.41) is 13.4. The zero-order valence-electron chi connectivity index (χ0n) is 6.96. The first kappa shape index (κ1) is 8.10. The average Bonchev–Trinajstić information content (AvgIpc) is 2.30. The van der Waals surface area contributed by atoms with Gasteiger partial charge in [-0.2, -0.15) is 0 Å². The van der Waals surface area contributed by atoms with E-state index in [1.165, 1.54) is 0 Å². The minimum absolute atomic E-state index is 0.0229. The van der Waals surface area contributed by atoms with E-state index in [0.29, 0.717) is 5.56 Å². The van der Waals surface area contributed by atoms with Crippen LogP contribution in [0.3, 0.4) is 0 Å². The Morgan fingerprint density at radius 1 is 1.38 bits per heavy atom. The lowest BCUT2D eigenvalue weighted by molar-refractivity contribution is 0.0688. The van der Waals surface area contributed by atoms with Crippen molar-refractivity contribution in [1.82, 2.24) is 10.2 Å². The standard InChI is InChI=1S/C8H10N2O3/c11-7-5(4-2-1-3-4)6(8(12)13)9-10-7/h4H,1-3H2,(H,12,13)(H2,9,10,11). The summed E-state index contributed by atoms with van der Waals surface area (Å²) in [6, 6.07) is 0. The summed E-state index contributed by atoms with van der Waals surface area (Å²) in [4.78, 5) is 21.9. The molecule has 0 amide bonds. The number of carbonyl (C=O) groups is 1. The molecule has 1 aromatic rings. The minimum atomic E-state index is -1.07. The molecule has 2 rings (SSSR count). The summed E-state index contributed by atoms with van der Waals surface area (Å²) in [5.41, 5.74) is 0.149. The minimum Gasteiger partial charge on any atom is -0.477 e. The summed E-state index contributed by atoms with van der Waals surface area (Å²) >= 11 is 0. The maximum Gasteiger partial charge on any atom is 0.354 e. The lowest BCUT2D eigenvalue weighted by atomic mass is 9.80. The van der Waals surface area contributed by atoms with E-state index in [1.54, 1.807) is 0 Å². The maximum absolute atomic E-state index is 11.2. The van der Waals surface area contributed by atoms with Gasteiger partial charge < -0.3 is 5.11 Å². The molecule has 1 aliphatic carbocycles. The number of aromatic carboxylic acids is 1. The van der Waals surface area contributed by atoms with E-state index in [-0.39, 0.29) is 17.2 Å². The molecular weight excluding hydrogens is 172 g/mol. The van der Waals surface area contributed by atoms with Crippen LogP contribution in [-0.2, 0) is 0 Å². The Hall–Kier alpha value is -1.52. The van der Waals surface area contributed by atoms with Crippen LogP contribution in [0.15, 0.2) is 4.79 Å². The molecule has 0 bridgehead atoms. The van der Waals surface area contributed by atoms with Gasteiger partial charge in [-0.05, 0) is 18.8 Å². The Labute approximate surface area is 73.8 Å². The van der Waals surface area contributed by atoms with Gasteiger partial charge in [-0.1, -0.05) is 6.42 Å². The molecule has 0 aliphatic heterocycles. The summed E-state index contributed by atoms with van der Waals surface area (Å²) in [6.07, 6.45) is 2.91. The first-order chi connectivity index (χ1) is 6.20. The summed E-state index contributed by atoms with van der Waals surface area (Å²) in [6.45, 7) is 0. The van der Waals surface area contributed by atoms with Gasteiger partial charge in [0, 0.05) is 0 Å². The van der Waals surface area contributed by atoms with Crippen LogP contribution in [0.5, 0.6) is 0 Å². The fourth-order valence-corrected chi connectivity index (χ4v) is 1.62. The molecule has 0 aromatic carbocycles. The van der Waals surface area contributed by atoms with Crippen molar-refractivity contribution in [2.75, 3.05) is 0 Å². The summed E-state index contributed by atoms with van der Waals surface area (Å²) in [5.74, 6) is -0.929. The molecule has 1 aliphatic rings. The molecule has 70 valence electrons. The van der Waals surface area contributed by atoms with Crippen LogP contribution in [0.2, 0.25) is 0 Å². The molecule has 0 unspecified atom stereocenters. The van der Waals surface area contributed by atoms with Crippen molar-refractivity contribution in [3.8, 4) is 0 Å². The van der Waals surface area contributed by atoms with E-state index in [4.69, 9.17) is 5.11 Å². The molecular formula is C8H10N2O3. The summed E-state index contributed by atoms with van der Waals surface area (Å²) in [7, 11) is 0. The van der Waals surface area contributed by atoms with Crippen molar-refractivity contribution in [3.63, 3.8) is 0 Å². The maximum atomic E-state index is 11.2. The normalized spacial score (nSPS) is 16.9. The molecule has 1 fully saturated rings. The Balaban J connectivity index is 2.45. The molecule has 1 saturated carbocycles. The average molecular weight is 182 g/mol. The number of nitrogens with one attached hydrogen (secondary N) is 2. The van der Waals surface area contributed by atoms with Crippen LogP contribution < -0.4 is 5.56 Å². The van der Waals surface area contributed by atoms with E-state index >= 15 is 0 Å². The Morgan fingerprint density at radius 3 is 2.54 bits per heavy atom. The highest BCUT2D eigenvalue weighted by Gasteiger charge is 2.28. The number of carboxylic acid groups (broad SMARTS) is 1.